The summed E-state index contributed by atoms with van der Waals surface area (Å²) in [5.74, 6) is -2.01. The number of nitrogens with one attached hydrogen (secondary N) is 1. The highest BCUT2D eigenvalue weighted by molar-refractivity contribution is 6.06. The second-order valence-electron chi connectivity index (χ2n) is 9.63. The Morgan fingerprint density at radius 1 is 1.02 bits per heavy atom. The number of fused-ring (bicyclic) bond motifs is 1. The maximum Gasteiger partial charge on any atom is 0.261 e. The molecule has 0 bridgehead atoms. The van der Waals surface area contributed by atoms with Gasteiger partial charge in [0.25, 0.3) is 5.91 Å². The number of morpholine rings is 1. The van der Waals surface area contributed by atoms with Gasteiger partial charge in [-0.05, 0) is 31.5 Å². The van der Waals surface area contributed by atoms with Crippen molar-refractivity contribution in [3.63, 3.8) is 0 Å². The van der Waals surface area contributed by atoms with Crippen LogP contribution >= 0.6 is 0 Å². The smallest absolute Gasteiger partial charge is 0.261 e. The molecule has 2 aromatic heterocycles. The van der Waals surface area contributed by atoms with Crippen LogP contribution in [0.1, 0.15) is 23.7 Å². The summed E-state index contributed by atoms with van der Waals surface area (Å²) in [7, 11) is 1.55. The standard InChI is InChI=1S/C31H32F2N4O6/c1-3-41-26-7-8-34-19-22(26)31(38)35-21-16-23(32)30(24(33)17-21)43-29-6-5-20-15-27(39-2)28(18-25(20)36-29)42-12-4-9-37-10-13-40-14-11-37/h5-8,15-19H,3-4,9-14H2,1-2H3,(H,35,38). The topological polar surface area (TPSA) is 104 Å². The lowest BCUT2D eigenvalue weighted by atomic mass is 10.2. The molecule has 1 amide bonds. The Balaban J connectivity index is 1.28. The van der Waals surface area contributed by atoms with Crippen LogP contribution in [0, 0.1) is 11.6 Å². The minimum Gasteiger partial charge on any atom is -0.493 e. The number of ether oxygens (including phenoxy) is 5. The molecule has 1 aliphatic heterocycles. The van der Waals surface area contributed by atoms with Crippen LogP contribution in [-0.2, 0) is 4.74 Å². The highest BCUT2D eigenvalue weighted by Gasteiger charge is 2.19. The molecule has 4 aromatic rings. The first-order valence-electron chi connectivity index (χ1n) is 13.9. The molecule has 0 saturated carbocycles. The summed E-state index contributed by atoms with van der Waals surface area (Å²) in [5, 5.41) is 3.19. The molecule has 5 rings (SSSR count). The van der Waals surface area contributed by atoms with Gasteiger partial charge in [0.05, 0.1) is 44.6 Å². The van der Waals surface area contributed by atoms with Gasteiger partial charge in [-0.2, -0.15) is 0 Å². The lowest BCUT2D eigenvalue weighted by Crippen LogP contribution is -2.37. The molecule has 12 heteroatoms. The van der Waals surface area contributed by atoms with Crippen molar-refractivity contribution in [3.05, 3.63) is 72.1 Å². The first-order chi connectivity index (χ1) is 20.9. The van der Waals surface area contributed by atoms with Gasteiger partial charge in [-0.15, -0.1) is 0 Å². The van der Waals surface area contributed by atoms with Crippen LogP contribution < -0.4 is 24.3 Å². The highest BCUT2D eigenvalue weighted by Crippen LogP contribution is 2.35. The van der Waals surface area contributed by atoms with Crippen molar-refractivity contribution >= 4 is 22.5 Å². The van der Waals surface area contributed by atoms with Crippen LogP contribution in [0.5, 0.6) is 28.9 Å². The maximum absolute atomic E-state index is 15.0. The normalized spacial score (nSPS) is 13.5. The van der Waals surface area contributed by atoms with Crippen molar-refractivity contribution in [1.82, 2.24) is 14.9 Å². The quantitative estimate of drug-likeness (QED) is 0.214. The number of pyridine rings is 2. The van der Waals surface area contributed by atoms with Gasteiger partial charge >= 0.3 is 0 Å². The van der Waals surface area contributed by atoms with E-state index in [-0.39, 0.29) is 17.1 Å². The van der Waals surface area contributed by atoms with Crippen molar-refractivity contribution in [2.75, 3.05) is 58.5 Å². The van der Waals surface area contributed by atoms with Gasteiger partial charge in [0.2, 0.25) is 11.6 Å². The molecular formula is C31H32F2N4O6. The van der Waals surface area contributed by atoms with Crippen molar-refractivity contribution in [1.29, 1.82) is 0 Å². The molecule has 1 fully saturated rings. The molecule has 43 heavy (non-hydrogen) atoms. The first-order valence-corrected chi connectivity index (χ1v) is 13.9. The SMILES string of the molecule is CCOc1ccncc1C(=O)Nc1cc(F)c(Oc2ccc3cc(OC)c(OCCCN4CCOCC4)cc3n2)c(F)c1. The van der Waals surface area contributed by atoms with E-state index in [1.807, 2.05) is 0 Å². The first kappa shape index (κ1) is 29.9. The lowest BCUT2D eigenvalue weighted by Gasteiger charge is -2.26. The average molecular weight is 595 g/mol. The van der Waals surface area contributed by atoms with E-state index in [1.165, 1.54) is 24.5 Å². The molecule has 3 heterocycles. The number of anilines is 1. The van der Waals surface area contributed by atoms with Crippen molar-refractivity contribution in [3.8, 4) is 28.9 Å². The predicted octanol–water partition coefficient (Wildman–Crippen LogP) is 5.46. The largest absolute Gasteiger partial charge is 0.493 e. The zero-order valence-corrected chi connectivity index (χ0v) is 23.9. The predicted molar refractivity (Wildman–Crippen MR) is 155 cm³/mol. The Hall–Kier alpha value is -4.55. The van der Waals surface area contributed by atoms with E-state index in [2.05, 4.69) is 20.2 Å². The third kappa shape index (κ3) is 7.46. The Bertz CT molecular complexity index is 1560. The molecule has 1 aliphatic rings. The molecule has 0 spiro atoms. The van der Waals surface area contributed by atoms with Gasteiger partial charge in [-0.1, -0.05) is 0 Å². The Kier molecular flexibility index (Phi) is 9.80. The van der Waals surface area contributed by atoms with Gasteiger partial charge in [-0.25, -0.2) is 13.8 Å². The Labute approximate surface area is 247 Å². The minimum atomic E-state index is -1.02. The van der Waals surface area contributed by atoms with Crippen LogP contribution in [0.3, 0.4) is 0 Å². The summed E-state index contributed by atoms with van der Waals surface area (Å²) < 4.78 is 57.8. The second-order valence-corrected chi connectivity index (χ2v) is 9.63. The molecule has 0 radical (unpaired) electrons. The molecule has 1 N–H and O–H groups in total. The maximum atomic E-state index is 15.0. The number of nitrogens with zero attached hydrogens (tertiary/aromatic N) is 3. The third-order valence-corrected chi connectivity index (χ3v) is 6.72. The van der Waals surface area contributed by atoms with Crippen LogP contribution in [0.15, 0.2) is 54.9 Å². The third-order valence-electron chi connectivity index (χ3n) is 6.72. The van der Waals surface area contributed by atoms with Crippen molar-refractivity contribution in [2.45, 2.75) is 13.3 Å². The van der Waals surface area contributed by atoms with Gasteiger partial charge in [0, 0.05) is 67.4 Å². The number of methoxy groups -OCH3 is 1. The van der Waals surface area contributed by atoms with Crippen molar-refractivity contribution in [2.24, 2.45) is 0 Å². The van der Waals surface area contributed by atoms with Crippen molar-refractivity contribution < 1.29 is 37.3 Å². The second kappa shape index (κ2) is 14.1. The minimum absolute atomic E-state index is 0.0257. The number of hydrogen-bond acceptors (Lipinski definition) is 9. The zero-order chi connectivity index (χ0) is 30.2. The Morgan fingerprint density at radius 2 is 1.81 bits per heavy atom. The number of benzene rings is 2. The van der Waals surface area contributed by atoms with E-state index in [9.17, 15) is 4.79 Å². The van der Waals surface area contributed by atoms with Gasteiger partial charge in [0.15, 0.2) is 23.1 Å². The zero-order valence-electron chi connectivity index (χ0n) is 23.9. The molecule has 10 nitrogen and oxygen atoms in total. The summed E-state index contributed by atoms with van der Waals surface area (Å²) in [6.07, 6.45) is 3.61. The van der Waals surface area contributed by atoms with Crippen LogP contribution in [0.25, 0.3) is 10.9 Å². The van der Waals surface area contributed by atoms with Gasteiger partial charge < -0.3 is 29.0 Å². The van der Waals surface area contributed by atoms with Crippen LogP contribution in [0.2, 0.25) is 0 Å². The van der Waals surface area contributed by atoms with E-state index in [4.69, 9.17) is 23.7 Å². The molecule has 1 saturated heterocycles. The summed E-state index contributed by atoms with van der Waals surface area (Å²) in [6.45, 7) is 6.78. The summed E-state index contributed by atoms with van der Waals surface area (Å²) in [5.41, 5.74) is 0.517. The fourth-order valence-corrected chi connectivity index (χ4v) is 4.60. The molecular weight excluding hydrogens is 562 g/mol. The Morgan fingerprint density at radius 3 is 2.56 bits per heavy atom. The van der Waals surface area contributed by atoms with E-state index in [0.717, 1.165) is 56.8 Å². The molecule has 0 unspecified atom stereocenters. The number of halogens is 2. The van der Waals surface area contributed by atoms with Crippen LogP contribution in [-0.4, -0.2) is 73.9 Å². The van der Waals surface area contributed by atoms with E-state index in [1.54, 1.807) is 32.2 Å². The molecule has 226 valence electrons. The fourth-order valence-electron chi connectivity index (χ4n) is 4.60. The molecule has 0 atom stereocenters. The monoisotopic (exact) mass is 594 g/mol. The van der Waals surface area contributed by atoms with E-state index in [0.29, 0.717) is 36.0 Å². The number of amides is 1. The number of hydrogen-bond donors (Lipinski definition) is 1. The van der Waals surface area contributed by atoms with Gasteiger partial charge in [0.1, 0.15) is 5.75 Å². The molecule has 2 aromatic carbocycles. The molecule has 0 aliphatic carbocycles. The number of carbonyl (C=O) groups is 1. The summed E-state index contributed by atoms with van der Waals surface area (Å²) >= 11 is 0. The van der Waals surface area contributed by atoms with Gasteiger partial charge in [-0.3, -0.25) is 14.7 Å². The average Bonchev–Trinajstić information content (AvgIpc) is 3.01. The number of rotatable bonds is 12. The number of carbonyl (C=O) groups excluding carboxylic acids is 1. The lowest BCUT2D eigenvalue weighted by molar-refractivity contribution is 0.0357. The fraction of sp³-hybridized carbons (Fsp3) is 0.323. The summed E-state index contributed by atoms with van der Waals surface area (Å²) in [4.78, 5) is 23.4. The highest BCUT2D eigenvalue weighted by atomic mass is 19.1. The van der Waals surface area contributed by atoms with E-state index >= 15 is 8.78 Å². The van der Waals surface area contributed by atoms with E-state index < -0.39 is 23.3 Å². The summed E-state index contributed by atoms with van der Waals surface area (Å²) in [6, 6.07) is 10.1. The number of aromatic nitrogens is 2. The van der Waals surface area contributed by atoms with Crippen LogP contribution in [0.4, 0.5) is 14.5 Å².